The van der Waals surface area contributed by atoms with Crippen molar-refractivity contribution in [1.29, 1.82) is 0 Å². The summed E-state index contributed by atoms with van der Waals surface area (Å²) in [6, 6.07) is -9.31. The van der Waals surface area contributed by atoms with Crippen molar-refractivity contribution in [1.82, 2.24) is 79.8 Å². The molecule has 0 spiro atoms. The van der Waals surface area contributed by atoms with Crippen LogP contribution in [0.15, 0.2) is 30.3 Å². The van der Waals surface area contributed by atoms with E-state index in [1.54, 1.807) is 113 Å². The molecule has 38 heteroatoms. The van der Waals surface area contributed by atoms with Crippen LogP contribution in [-0.2, 0) is 87.9 Å². The van der Waals surface area contributed by atoms with Gasteiger partial charge in [-0.15, -0.1) is 0 Å². The Morgan fingerprint density at radius 1 is 0.368 bits per heavy atom. The highest BCUT2D eigenvalue weighted by Gasteiger charge is 2.40. The first-order valence-electron chi connectivity index (χ1n) is 39.2. The summed E-state index contributed by atoms with van der Waals surface area (Å²) in [6.07, 6.45) is 1.18. The second-order valence-corrected chi connectivity index (χ2v) is 30.6. The van der Waals surface area contributed by atoms with E-state index >= 15 is 0 Å². The van der Waals surface area contributed by atoms with Gasteiger partial charge in [-0.1, -0.05) is 140 Å². The number of aliphatic carboxylic acids is 1. The van der Waals surface area contributed by atoms with Crippen LogP contribution in [0.3, 0.4) is 0 Å². The zero-order valence-electron chi connectivity index (χ0n) is 68.8. The third-order valence-electron chi connectivity index (χ3n) is 18.8. The molecule has 0 bridgehead atoms. The van der Waals surface area contributed by atoms with Gasteiger partial charge in [0.25, 0.3) is 0 Å². The number of carboxylic acids is 1. The number of carboxylic acid groups (broad SMARTS) is 1. The van der Waals surface area contributed by atoms with Gasteiger partial charge in [-0.3, -0.25) is 81.5 Å². The maximum atomic E-state index is 14.6. The molecule has 1 aromatic rings. The molecule has 644 valence electrons. The maximum absolute atomic E-state index is 14.6. The molecular formula is C76H131N19O19. The Labute approximate surface area is 668 Å². The minimum atomic E-state index is -1.84. The molecule has 16 amide bonds. The first-order chi connectivity index (χ1) is 53.5. The fourth-order valence-electron chi connectivity index (χ4n) is 11.6. The highest BCUT2D eigenvalue weighted by atomic mass is 16.4. The summed E-state index contributed by atoms with van der Waals surface area (Å²) in [4.78, 5) is 231. The first kappa shape index (κ1) is 102. The fourth-order valence-corrected chi connectivity index (χ4v) is 11.6. The van der Waals surface area contributed by atoms with Gasteiger partial charge in [-0.05, 0) is 118 Å². The number of primary amides is 1. The van der Waals surface area contributed by atoms with Crippen molar-refractivity contribution in [2.45, 2.75) is 259 Å². The van der Waals surface area contributed by atoms with Gasteiger partial charge in [0.15, 0.2) is 0 Å². The lowest BCUT2D eigenvalue weighted by molar-refractivity contribution is -0.142. The second-order valence-electron chi connectivity index (χ2n) is 30.6. The van der Waals surface area contributed by atoms with E-state index in [-0.39, 0.29) is 69.9 Å². The number of nitrogens with two attached hydrogens (primary N) is 4. The Bertz CT molecular complexity index is 3340. The minimum Gasteiger partial charge on any atom is -0.481 e. The Hall–Kier alpha value is -9.95. The van der Waals surface area contributed by atoms with E-state index in [0.29, 0.717) is 31.2 Å². The highest BCUT2D eigenvalue weighted by Crippen LogP contribution is 2.17. The van der Waals surface area contributed by atoms with Gasteiger partial charge in [0.1, 0.15) is 78.5 Å². The summed E-state index contributed by atoms with van der Waals surface area (Å²) in [7, 11) is 0. The predicted molar refractivity (Wildman–Crippen MR) is 423 cm³/mol. The summed E-state index contributed by atoms with van der Waals surface area (Å²) >= 11 is 0. The van der Waals surface area contributed by atoms with Crippen molar-refractivity contribution in [2.24, 2.45) is 64.4 Å². The zero-order chi connectivity index (χ0) is 86.8. The molecule has 0 radical (unpaired) electrons. The molecule has 0 saturated carbocycles. The van der Waals surface area contributed by atoms with Crippen LogP contribution < -0.4 is 103 Å². The van der Waals surface area contributed by atoms with E-state index in [9.17, 15) is 91.7 Å². The summed E-state index contributed by atoms with van der Waals surface area (Å²) in [5.41, 5.74) is 23.2. The van der Waals surface area contributed by atoms with E-state index in [4.69, 9.17) is 22.9 Å². The number of carbonyl (C=O) groups is 17. The molecule has 0 aliphatic heterocycles. The molecule has 0 aromatic heterocycles. The molecule has 15 atom stereocenters. The number of hydrogen-bond donors (Lipinski definition) is 21. The molecule has 0 aliphatic carbocycles. The number of rotatable bonds is 55. The van der Waals surface area contributed by atoms with E-state index in [0.717, 1.165) is 0 Å². The molecule has 0 unspecified atom stereocenters. The predicted octanol–water partition coefficient (Wildman–Crippen LogP) is -3.89. The third-order valence-corrected chi connectivity index (χ3v) is 18.8. The minimum absolute atomic E-state index is 0.0124. The Morgan fingerprint density at radius 3 is 1.18 bits per heavy atom. The molecule has 0 aliphatic rings. The maximum Gasteiger partial charge on any atom is 0.305 e. The molecule has 0 saturated heterocycles. The topological polar surface area (TPSA) is 615 Å². The lowest BCUT2D eigenvalue weighted by Gasteiger charge is -2.31. The summed E-state index contributed by atoms with van der Waals surface area (Å²) in [5, 5.41) is 58.0. The van der Waals surface area contributed by atoms with Crippen molar-refractivity contribution in [3.8, 4) is 0 Å². The standard InChI is InChI=1S/C76H131N19O19/c1-16-44(13)62(73(111)82-37-57(99)85-54(38-96)71(109)88-50(64(80)102)31-39(3)4)94-65(103)46(15)83-56(98)36-81-72(110)59(41(7)8)92-75(113)61(43(11)12)91-67(105)49(28-22-24-30-78)86-66(104)48(27-21-23-29-77)87-74(112)60(42(9)10)93-76(114)63(45(14)17-2)95-70(108)53(34-58(100)101)90-69(107)52(33-47-25-19-18-20-26-47)89-68(106)51(32-40(5)6)84-55(97)35-79/h18-20,25-26,39-46,48-54,59-63,96H,16-17,21-24,27-38,77-79H2,1-15H3,(H2,80,102)(H,81,110)(H,82,111)(H,83,98)(H,84,97)(H,85,99)(H,86,104)(H,87,112)(H,88,109)(H,89,106)(H,90,107)(H,91,105)(H,92,113)(H,93,114)(H,94,103)(H,95,108)(H,100,101)/t44-,45-,46-,48-,49-,50-,51-,52-,53-,54-,59-,60-,61-,62-,63-/m0/s1. The highest BCUT2D eigenvalue weighted by molar-refractivity contribution is 6.01. The van der Waals surface area contributed by atoms with E-state index < -0.39 is 241 Å². The number of hydrogen-bond acceptors (Lipinski definition) is 21. The molecule has 25 N–H and O–H groups in total. The number of amides is 16. The number of aliphatic hydroxyl groups is 1. The van der Waals surface area contributed by atoms with Crippen LogP contribution in [0.5, 0.6) is 0 Å². The number of benzene rings is 1. The largest absolute Gasteiger partial charge is 0.481 e. The van der Waals surface area contributed by atoms with Crippen LogP contribution in [0.4, 0.5) is 0 Å². The molecule has 0 heterocycles. The molecule has 0 fully saturated rings. The van der Waals surface area contributed by atoms with E-state index in [2.05, 4.69) is 79.8 Å². The van der Waals surface area contributed by atoms with Gasteiger partial charge in [0.2, 0.25) is 94.5 Å². The van der Waals surface area contributed by atoms with Crippen molar-refractivity contribution in [2.75, 3.05) is 39.3 Å². The molecule has 38 nitrogen and oxygen atoms in total. The number of nitrogens with one attached hydrogen (secondary N) is 15. The summed E-state index contributed by atoms with van der Waals surface area (Å²) in [6.45, 7) is 22.6. The van der Waals surface area contributed by atoms with Gasteiger partial charge in [-0.2, -0.15) is 0 Å². The summed E-state index contributed by atoms with van der Waals surface area (Å²) < 4.78 is 0. The average molecular weight is 1610 g/mol. The van der Waals surface area contributed by atoms with Crippen molar-refractivity contribution in [3.63, 3.8) is 0 Å². The van der Waals surface area contributed by atoms with Crippen molar-refractivity contribution < 1.29 is 91.7 Å². The van der Waals surface area contributed by atoms with Crippen LogP contribution in [0.1, 0.15) is 180 Å². The number of unbranched alkanes of at least 4 members (excludes halogenated alkanes) is 2. The van der Waals surface area contributed by atoms with Crippen LogP contribution >= 0.6 is 0 Å². The normalized spacial score (nSPS) is 15.3. The lowest BCUT2D eigenvalue weighted by atomic mass is 9.95. The monoisotopic (exact) mass is 1610 g/mol. The van der Waals surface area contributed by atoms with Crippen molar-refractivity contribution in [3.05, 3.63) is 35.9 Å². The number of aliphatic hydroxyl groups excluding tert-OH is 1. The van der Waals surface area contributed by atoms with Crippen molar-refractivity contribution >= 4 is 100 Å². The molecule has 1 rings (SSSR count). The van der Waals surface area contributed by atoms with Crippen LogP contribution in [0, 0.1) is 41.4 Å². The van der Waals surface area contributed by atoms with Crippen LogP contribution in [-0.4, -0.2) is 229 Å². The third kappa shape index (κ3) is 37.8. The molecule has 114 heavy (non-hydrogen) atoms. The van der Waals surface area contributed by atoms with Gasteiger partial charge >= 0.3 is 5.97 Å². The van der Waals surface area contributed by atoms with Crippen LogP contribution in [0.25, 0.3) is 0 Å². The second kappa shape index (κ2) is 53.2. The Morgan fingerprint density at radius 2 is 0.719 bits per heavy atom. The van der Waals surface area contributed by atoms with E-state index in [1.165, 1.54) is 6.92 Å². The van der Waals surface area contributed by atoms with Gasteiger partial charge in [-0.25, -0.2) is 0 Å². The average Bonchev–Trinajstić information content (AvgIpc) is 0.849. The SMILES string of the molecule is CC[C@H](C)[C@H](NC(=O)[C@H](C)NC(=O)CNC(=O)[C@@H](NC(=O)[C@@H](NC(=O)[C@H](CCCCN)NC(=O)[C@H](CCCCN)NC(=O)[C@@H](NC(=O)[C@@H](NC(=O)[C@H](CC(=O)O)NC(=O)[C@H](Cc1ccccc1)NC(=O)[C@H](CC(C)C)NC(=O)CN)[C@@H](C)CC)C(C)C)C(C)C)C(C)C)C(=O)NCC(=O)N[C@@H](CO)C(=O)N[C@@H](CC(C)C)C(N)=O. The van der Waals surface area contributed by atoms with E-state index in [1.807, 2.05) is 13.8 Å². The first-order valence-corrected chi connectivity index (χ1v) is 39.2. The fraction of sp³-hybridized carbons (Fsp3) is 0.697. The smallest absolute Gasteiger partial charge is 0.305 e. The van der Waals surface area contributed by atoms with Crippen LogP contribution in [0.2, 0.25) is 0 Å². The van der Waals surface area contributed by atoms with Gasteiger partial charge in [0, 0.05) is 6.42 Å². The zero-order valence-corrected chi connectivity index (χ0v) is 68.8. The molecule has 1 aromatic carbocycles. The van der Waals surface area contributed by atoms with Gasteiger partial charge < -0.3 is 113 Å². The van der Waals surface area contributed by atoms with Gasteiger partial charge in [0.05, 0.1) is 32.7 Å². The molecular weight excluding hydrogens is 1480 g/mol. The quantitative estimate of drug-likeness (QED) is 0.0277. The lowest BCUT2D eigenvalue weighted by Crippen LogP contribution is -2.62. The number of carbonyl (C=O) groups excluding carboxylic acids is 16. The Kier molecular flexibility index (Phi) is 47.6. The summed E-state index contributed by atoms with van der Waals surface area (Å²) in [5.74, 6) is -18.5. The Balaban J connectivity index is 3.40.